The third kappa shape index (κ3) is 5.81. The molecule has 140 valence electrons. The van der Waals surface area contributed by atoms with Crippen molar-refractivity contribution in [2.75, 3.05) is 11.9 Å². The molecule has 0 bridgehead atoms. The lowest BCUT2D eigenvalue weighted by Crippen LogP contribution is -2.23. The molecular formula is C21H22ClN3OS. The largest absolute Gasteiger partial charge is 0.489 e. The normalized spacial score (nSPS) is 11.8. The number of hydrogen-bond donors (Lipinski definition) is 0. The molecule has 3 aromatic rings. The van der Waals surface area contributed by atoms with E-state index >= 15 is 0 Å². The molecule has 2 aromatic carbocycles. The van der Waals surface area contributed by atoms with Crippen LogP contribution in [0.5, 0.6) is 5.75 Å². The van der Waals surface area contributed by atoms with Crippen molar-refractivity contribution < 1.29 is 4.74 Å². The first-order valence-electron chi connectivity index (χ1n) is 8.79. The Morgan fingerprint density at radius 3 is 2.56 bits per heavy atom. The molecular weight excluding hydrogens is 378 g/mol. The van der Waals surface area contributed by atoms with Gasteiger partial charge < -0.3 is 14.2 Å². The van der Waals surface area contributed by atoms with E-state index in [2.05, 4.69) is 17.1 Å². The van der Waals surface area contributed by atoms with Crippen LogP contribution in [0.3, 0.4) is 0 Å². The summed E-state index contributed by atoms with van der Waals surface area (Å²) in [6.45, 7) is 0.745. The molecule has 0 aliphatic carbocycles. The highest BCUT2D eigenvalue weighted by Crippen LogP contribution is 2.21. The lowest BCUT2D eigenvalue weighted by Gasteiger charge is -2.21. The Morgan fingerprint density at radius 2 is 1.93 bits per heavy atom. The molecule has 0 spiro atoms. The second kappa shape index (κ2) is 9.53. The van der Waals surface area contributed by atoms with Gasteiger partial charge in [-0.1, -0.05) is 36.0 Å². The summed E-state index contributed by atoms with van der Waals surface area (Å²) in [6.07, 6.45) is 7.39. The Hall–Kier alpha value is -2.37. The fraction of sp³-hybridized carbons (Fsp3) is 0.238. The number of rotatable bonds is 9. The molecule has 1 atom stereocenters. The lowest BCUT2D eigenvalue weighted by atomic mass is 10.1. The Kier molecular flexibility index (Phi) is 6.85. The maximum Gasteiger partial charge on any atom is 0.119 e. The molecule has 0 aliphatic rings. The van der Waals surface area contributed by atoms with Gasteiger partial charge in [0.1, 0.15) is 11.9 Å². The number of halogens is 1. The Bertz CT molecular complexity index is 835. The summed E-state index contributed by atoms with van der Waals surface area (Å²) in [5.41, 5.74) is 3.89. The number of nitrogens with zero attached hydrogens (tertiary/aromatic N) is 3. The van der Waals surface area contributed by atoms with E-state index in [9.17, 15) is 0 Å². The number of thiocarbonyl (C=S) groups is 1. The molecule has 0 saturated carbocycles. The van der Waals surface area contributed by atoms with Gasteiger partial charge in [-0.05, 0) is 54.8 Å². The van der Waals surface area contributed by atoms with Crippen LogP contribution in [-0.2, 0) is 13.0 Å². The van der Waals surface area contributed by atoms with Gasteiger partial charge in [-0.15, -0.1) is 0 Å². The monoisotopic (exact) mass is 399 g/mol. The quantitative estimate of drug-likeness (QED) is 0.473. The molecule has 27 heavy (non-hydrogen) atoms. The average molecular weight is 400 g/mol. The van der Waals surface area contributed by atoms with Crippen molar-refractivity contribution in [1.29, 1.82) is 0 Å². The molecule has 0 fully saturated rings. The van der Waals surface area contributed by atoms with Crippen molar-refractivity contribution in [3.63, 3.8) is 0 Å². The SMILES string of the molecule is CN(C=S)c1ccc(OC(CCc2ccc(Cl)cc2)Cn2ccnc2)cc1. The molecule has 1 aromatic heterocycles. The first-order valence-corrected chi connectivity index (χ1v) is 9.64. The van der Waals surface area contributed by atoms with E-state index in [-0.39, 0.29) is 6.10 Å². The van der Waals surface area contributed by atoms with Crippen molar-refractivity contribution in [3.8, 4) is 5.75 Å². The molecule has 6 heteroatoms. The van der Waals surface area contributed by atoms with Gasteiger partial charge in [-0.2, -0.15) is 0 Å². The van der Waals surface area contributed by atoms with Gasteiger partial charge in [0.2, 0.25) is 0 Å². The van der Waals surface area contributed by atoms with Crippen LogP contribution < -0.4 is 9.64 Å². The maximum absolute atomic E-state index is 6.27. The zero-order chi connectivity index (χ0) is 19.1. The third-order valence-electron chi connectivity index (χ3n) is 4.35. The van der Waals surface area contributed by atoms with Crippen LogP contribution in [0.4, 0.5) is 5.69 Å². The van der Waals surface area contributed by atoms with E-state index in [1.54, 1.807) is 11.7 Å². The van der Waals surface area contributed by atoms with E-state index in [1.165, 1.54) is 5.56 Å². The second-order valence-corrected chi connectivity index (χ2v) is 7.02. The van der Waals surface area contributed by atoms with E-state index in [0.717, 1.165) is 35.8 Å². The van der Waals surface area contributed by atoms with Crippen molar-refractivity contribution in [3.05, 3.63) is 77.8 Å². The van der Waals surface area contributed by atoms with E-state index in [1.807, 2.05) is 65.4 Å². The van der Waals surface area contributed by atoms with Crippen LogP contribution in [-0.4, -0.2) is 28.2 Å². The number of imidazole rings is 1. The molecule has 3 rings (SSSR count). The Morgan fingerprint density at radius 1 is 1.19 bits per heavy atom. The van der Waals surface area contributed by atoms with Gasteiger partial charge in [0.25, 0.3) is 0 Å². The van der Waals surface area contributed by atoms with Crippen LogP contribution in [0.1, 0.15) is 12.0 Å². The van der Waals surface area contributed by atoms with Crippen molar-refractivity contribution in [2.24, 2.45) is 0 Å². The molecule has 0 aliphatic heterocycles. The zero-order valence-electron chi connectivity index (χ0n) is 15.2. The number of anilines is 1. The number of aryl methyl sites for hydroxylation is 1. The number of benzene rings is 2. The van der Waals surface area contributed by atoms with E-state index in [0.29, 0.717) is 0 Å². The Balaban J connectivity index is 1.67. The lowest BCUT2D eigenvalue weighted by molar-refractivity contribution is 0.170. The highest BCUT2D eigenvalue weighted by atomic mass is 35.5. The zero-order valence-corrected chi connectivity index (χ0v) is 16.7. The van der Waals surface area contributed by atoms with Crippen LogP contribution in [0, 0.1) is 0 Å². The number of hydrogen-bond acceptors (Lipinski definition) is 3. The summed E-state index contributed by atoms with van der Waals surface area (Å²) in [4.78, 5) is 6.02. The minimum atomic E-state index is 0.0315. The summed E-state index contributed by atoms with van der Waals surface area (Å²) in [7, 11) is 1.93. The van der Waals surface area contributed by atoms with E-state index in [4.69, 9.17) is 28.6 Å². The summed E-state index contributed by atoms with van der Waals surface area (Å²) in [6, 6.07) is 15.9. The van der Waals surface area contributed by atoms with Gasteiger partial charge in [0.15, 0.2) is 0 Å². The van der Waals surface area contributed by atoms with Gasteiger partial charge in [-0.25, -0.2) is 4.98 Å². The minimum absolute atomic E-state index is 0.0315. The van der Waals surface area contributed by atoms with Gasteiger partial charge in [-0.3, -0.25) is 0 Å². The summed E-state index contributed by atoms with van der Waals surface area (Å²) in [5, 5.41) is 0.756. The summed E-state index contributed by atoms with van der Waals surface area (Å²) in [5.74, 6) is 0.845. The van der Waals surface area contributed by atoms with Crippen molar-refractivity contribution >= 4 is 35.0 Å². The predicted octanol–water partition coefficient (Wildman–Crippen LogP) is 5.01. The molecule has 0 N–H and O–H groups in total. The van der Waals surface area contributed by atoms with Crippen LogP contribution in [0.15, 0.2) is 67.3 Å². The molecule has 4 nitrogen and oxygen atoms in total. The topological polar surface area (TPSA) is 30.3 Å². The molecule has 0 amide bonds. The fourth-order valence-corrected chi connectivity index (χ4v) is 3.06. The van der Waals surface area contributed by atoms with Crippen LogP contribution >= 0.6 is 23.8 Å². The average Bonchev–Trinajstić information content (AvgIpc) is 3.20. The minimum Gasteiger partial charge on any atom is -0.489 e. The molecule has 1 heterocycles. The third-order valence-corrected chi connectivity index (χ3v) is 4.91. The van der Waals surface area contributed by atoms with E-state index < -0.39 is 0 Å². The van der Waals surface area contributed by atoms with Gasteiger partial charge in [0, 0.05) is 30.2 Å². The van der Waals surface area contributed by atoms with Gasteiger partial charge in [0.05, 0.1) is 18.4 Å². The summed E-state index contributed by atoms with van der Waals surface area (Å²) >= 11 is 10.9. The predicted molar refractivity (Wildman–Crippen MR) is 115 cm³/mol. The second-order valence-electron chi connectivity index (χ2n) is 6.37. The standard InChI is InChI=1S/C21H22ClN3OS/c1-24(16-27)19-7-10-20(11-8-19)26-21(14-25-13-12-23-15-25)9-4-17-2-5-18(22)6-3-17/h2-3,5-8,10-13,15-16,21H,4,9,14H2,1H3. The summed E-state index contributed by atoms with van der Waals surface area (Å²) < 4.78 is 8.31. The first-order chi connectivity index (χ1) is 13.1. The smallest absolute Gasteiger partial charge is 0.119 e. The highest BCUT2D eigenvalue weighted by molar-refractivity contribution is 7.79. The van der Waals surface area contributed by atoms with Crippen molar-refractivity contribution in [2.45, 2.75) is 25.5 Å². The van der Waals surface area contributed by atoms with Crippen LogP contribution in [0.25, 0.3) is 0 Å². The number of ether oxygens (including phenoxy) is 1. The Labute approximate surface area is 170 Å². The maximum atomic E-state index is 6.27. The van der Waals surface area contributed by atoms with Gasteiger partial charge >= 0.3 is 0 Å². The van der Waals surface area contributed by atoms with Crippen molar-refractivity contribution in [1.82, 2.24) is 9.55 Å². The number of aromatic nitrogens is 2. The molecule has 0 radical (unpaired) electrons. The van der Waals surface area contributed by atoms with Crippen LogP contribution in [0.2, 0.25) is 5.02 Å². The fourth-order valence-electron chi connectivity index (χ4n) is 2.81. The molecule has 0 saturated heterocycles. The molecule has 1 unspecified atom stereocenters. The highest BCUT2D eigenvalue weighted by Gasteiger charge is 2.12. The first kappa shape index (κ1) is 19.4.